The fourth-order valence-corrected chi connectivity index (χ4v) is 4.55. The highest BCUT2D eigenvalue weighted by Gasteiger charge is 2.46. The van der Waals surface area contributed by atoms with Gasteiger partial charge in [-0.05, 0) is 12.1 Å². The molecule has 3 rings (SSSR count). The van der Waals surface area contributed by atoms with Crippen LogP contribution in [0.25, 0.3) is 0 Å². The lowest BCUT2D eigenvalue weighted by molar-refractivity contribution is -0.0547. The fourth-order valence-electron chi connectivity index (χ4n) is 2.95. The summed E-state index contributed by atoms with van der Waals surface area (Å²) in [4.78, 5) is 55.5. The molecule has 1 fully saturated rings. The van der Waals surface area contributed by atoms with Gasteiger partial charge in [-0.15, -0.1) is 0 Å². The Kier molecular flexibility index (Phi) is 7.27. The van der Waals surface area contributed by atoms with E-state index in [0.717, 1.165) is 21.4 Å². The van der Waals surface area contributed by atoms with Crippen LogP contribution in [0.1, 0.15) is 11.9 Å². The molecule has 1 aliphatic heterocycles. The van der Waals surface area contributed by atoms with Crippen molar-refractivity contribution in [2.75, 3.05) is 6.61 Å². The Morgan fingerprint density at radius 3 is 2.44 bits per heavy atom. The second-order valence-corrected chi connectivity index (χ2v) is 9.46. The number of ether oxygens (including phenoxy) is 1. The third-order valence-corrected chi connectivity index (χ3v) is 6.52. The zero-order valence-electron chi connectivity index (χ0n) is 16.0. The van der Waals surface area contributed by atoms with E-state index in [1.807, 2.05) is 0 Å². The van der Waals surface area contributed by atoms with Crippen molar-refractivity contribution in [3.63, 3.8) is 0 Å². The molecule has 0 aromatic carbocycles. The van der Waals surface area contributed by atoms with Gasteiger partial charge < -0.3 is 29.6 Å². The van der Waals surface area contributed by atoms with Crippen LogP contribution in [0.3, 0.4) is 0 Å². The molecule has 1 saturated heterocycles. The number of nitrogens with zero attached hydrogens (tertiary/aromatic N) is 3. The van der Waals surface area contributed by atoms with E-state index in [9.17, 15) is 33.8 Å². The zero-order chi connectivity index (χ0) is 23.7. The van der Waals surface area contributed by atoms with Crippen LogP contribution in [-0.2, 0) is 29.2 Å². The quantitative estimate of drug-likeness (QED) is 0.258. The molecule has 17 heteroatoms. The molecule has 0 bridgehead atoms. The van der Waals surface area contributed by atoms with Crippen molar-refractivity contribution >= 4 is 15.6 Å². The van der Waals surface area contributed by atoms with Crippen molar-refractivity contribution < 1.29 is 47.6 Å². The Hall–Kier alpha value is -2.03. The maximum atomic E-state index is 12.8. The van der Waals surface area contributed by atoms with Gasteiger partial charge in [-0.3, -0.25) is 23.4 Å². The number of aliphatic hydroxyl groups is 2. The maximum absolute atomic E-state index is 12.8. The largest absolute Gasteiger partial charge is 0.481 e. The van der Waals surface area contributed by atoms with Crippen molar-refractivity contribution in [2.24, 2.45) is 0 Å². The van der Waals surface area contributed by atoms with Gasteiger partial charge in [-0.1, -0.05) is 6.07 Å². The molecule has 0 spiro atoms. The van der Waals surface area contributed by atoms with E-state index in [-0.39, 0.29) is 6.54 Å². The zero-order valence-corrected chi connectivity index (χ0v) is 17.8. The number of aromatic nitrogens is 3. The lowest BCUT2D eigenvalue weighted by Crippen LogP contribution is -2.43. The molecular formula is C15H19N3O12P2. The van der Waals surface area contributed by atoms with Crippen LogP contribution in [0.5, 0.6) is 0 Å². The number of pyridine rings is 1. The SMILES string of the molecule is O=c1ccn(C2OC(COP(=O)(O)OP(=O)(O)O)C(O)C2O)c(=O)n1Cc1ccccn1. The number of rotatable bonds is 8. The first-order valence-electron chi connectivity index (χ1n) is 8.86. The van der Waals surface area contributed by atoms with Gasteiger partial charge >= 0.3 is 21.3 Å². The molecule has 0 radical (unpaired) electrons. The lowest BCUT2D eigenvalue weighted by Gasteiger charge is -2.19. The minimum Gasteiger partial charge on any atom is -0.387 e. The summed E-state index contributed by atoms with van der Waals surface area (Å²) in [5.74, 6) is 0. The smallest absolute Gasteiger partial charge is 0.387 e. The number of aliphatic hydroxyl groups excluding tert-OH is 2. The predicted octanol–water partition coefficient (Wildman–Crippen LogP) is -1.70. The number of phosphoric ester groups is 1. The molecule has 0 saturated carbocycles. The first-order valence-corrected chi connectivity index (χ1v) is 11.9. The van der Waals surface area contributed by atoms with Crippen LogP contribution < -0.4 is 11.2 Å². The van der Waals surface area contributed by atoms with Crippen LogP contribution in [0.2, 0.25) is 0 Å². The van der Waals surface area contributed by atoms with Gasteiger partial charge in [0.25, 0.3) is 5.56 Å². The first-order chi connectivity index (χ1) is 14.9. The Morgan fingerprint density at radius 2 is 1.81 bits per heavy atom. The molecule has 5 atom stereocenters. The summed E-state index contributed by atoms with van der Waals surface area (Å²) >= 11 is 0. The summed E-state index contributed by atoms with van der Waals surface area (Å²) in [6.45, 7) is -1.10. The Bertz CT molecular complexity index is 1160. The van der Waals surface area contributed by atoms with Crippen LogP contribution >= 0.6 is 15.6 Å². The Morgan fingerprint density at radius 1 is 1.09 bits per heavy atom. The molecule has 5 unspecified atom stereocenters. The van der Waals surface area contributed by atoms with Crippen LogP contribution in [0.15, 0.2) is 46.2 Å². The van der Waals surface area contributed by atoms with Gasteiger partial charge in [0.1, 0.15) is 18.3 Å². The maximum Gasteiger partial charge on any atom is 0.481 e. The molecular weight excluding hydrogens is 476 g/mol. The average molecular weight is 495 g/mol. The standard InChI is InChI=1S/C15H19N3O12P2/c19-11-4-6-17(15(22)18(11)7-9-3-1-2-5-16-9)14-13(21)12(20)10(29-14)8-28-32(26,27)30-31(23,24)25/h1-6,10,12-14,20-21H,7-8H2,(H,26,27)(H2,23,24,25). The van der Waals surface area contributed by atoms with E-state index in [1.54, 1.807) is 18.2 Å². The van der Waals surface area contributed by atoms with Gasteiger partial charge in [0.05, 0.1) is 18.8 Å². The predicted molar refractivity (Wildman–Crippen MR) is 103 cm³/mol. The highest BCUT2D eigenvalue weighted by atomic mass is 31.3. The summed E-state index contributed by atoms with van der Waals surface area (Å²) in [6, 6.07) is 5.94. The topological polar surface area (TPSA) is 220 Å². The summed E-state index contributed by atoms with van der Waals surface area (Å²) in [7, 11) is -10.6. The van der Waals surface area contributed by atoms with Crippen molar-refractivity contribution in [1.82, 2.24) is 14.1 Å². The first kappa shape index (κ1) is 24.6. The van der Waals surface area contributed by atoms with E-state index in [1.165, 1.54) is 6.20 Å². The normalized spacial score (nSPS) is 25.5. The second kappa shape index (κ2) is 9.45. The van der Waals surface area contributed by atoms with Crippen molar-refractivity contribution in [3.05, 3.63) is 63.2 Å². The van der Waals surface area contributed by atoms with E-state index in [0.29, 0.717) is 5.69 Å². The number of hydrogen-bond donors (Lipinski definition) is 5. The van der Waals surface area contributed by atoms with Gasteiger partial charge in [0.2, 0.25) is 0 Å². The van der Waals surface area contributed by atoms with Gasteiger partial charge in [0, 0.05) is 18.5 Å². The van der Waals surface area contributed by atoms with Gasteiger partial charge in [-0.25, -0.2) is 13.9 Å². The summed E-state index contributed by atoms with van der Waals surface area (Å²) < 4.78 is 37.3. The van der Waals surface area contributed by atoms with Gasteiger partial charge in [-0.2, -0.15) is 4.31 Å². The van der Waals surface area contributed by atoms with E-state index in [4.69, 9.17) is 14.5 Å². The Labute approximate surface area is 178 Å². The molecule has 32 heavy (non-hydrogen) atoms. The minimum atomic E-state index is -5.36. The average Bonchev–Trinajstić information content (AvgIpc) is 2.97. The molecule has 0 amide bonds. The summed E-state index contributed by atoms with van der Waals surface area (Å²) in [5.41, 5.74) is -1.13. The monoisotopic (exact) mass is 495 g/mol. The molecule has 0 aliphatic carbocycles. The Balaban J connectivity index is 1.79. The number of phosphoric acid groups is 2. The number of hydrogen-bond acceptors (Lipinski definition) is 10. The van der Waals surface area contributed by atoms with Gasteiger partial charge in [0.15, 0.2) is 6.23 Å². The third kappa shape index (κ3) is 5.85. The molecule has 15 nitrogen and oxygen atoms in total. The molecule has 5 N–H and O–H groups in total. The van der Waals surface area contributed by atoms with Crippen LogP contribution in [0.4, 0.5) is 0 Å². The summed E-state index contributed by atoms with van der Waals surface area (Å²) in [5, 5.41) is 20.4. The minimum absolute atomic E-state index is 0.176. The van der Waals surface area contributed by atoms with E-state index < -0.39 is 58.0 Å². The molecule has 3 heterocycles. The highest BCUT2D eigenvalue weighted by Crippen LogP contribution is 2.57. The molecule has 2 aromatic heterocycles. The molecule has 176 valence electrons. The molecule has 2 aromatic rings. The van der Waals surface area contributed by atoms with Crippen molar-refractivity contribution in [2.45, 2.75) is 31.1 Å². The third-order valence-electron chi connectivity index (χ3n) is 4.36. The van der Waals surface area contributed by atoms with E-state index in [2.05, 4.69) is 13.8 Å². The van der Waals surface area contributed by atoms with E-state index >= 15 is 0 Å². The van der Waals surface area contributed by atoms with Crippen LogP contribution in [0, 0.1) is 0 Å². The highest BCUT2D eigenvalue weighted by molar-refractivity contribution is 7.60. The van der Waals surface area contributed by atoms with Crippen molar-refractivity contribution in [1.29, 1.82) is 0 Å². The second-order valence-electron chi connectivity index (χ2n) is 6.63. The fraction of sp³-hybridized carbons (Fsp3) is 0.400. The van der Waals surface area contributed by atoms with Crippen molar-refractivity contribution in [3.8, 4) is 0 Å². The lowest BCUT2D eigenvalue weighted by atomic mass is 10.1. The molecule has 1 aliphatic rings. The van der Waals surface area contributed by atoms with Crippen LogP contribution in [-0.4, -0.2) is 63.9 Å². The summed E-state index contributed by atoms with van der Waals surface area (Å²) in [6.07, 6.45) is -3.93.